The van der Waals surface area contributed by atoms with Crippen LogP contribution in [0.3, 0.4) is 0 Å². The molecule has 5 heteroatoms. The molecule has 2 rings (SSSR count). The van der Waals surface area contributed by atoms with Crippen molar-refractivity contribution in [1.82, 2.24) is 5.32 Å². The van der Waals surface area contributed by atoms with Crippen molar-refractivity contribution >= 4 is 21.9 Å². The lowest BCUT2D eigenvalue weighted by Crippen LogP contribution is -2.46. The van der Waals surface area contributed by atoms with E-state index in [1.807, 2.05) is 30.3 Å². The second-order valence-electron chi connectivity index (χ2n) is 4.89. The van der Waals surface area contributed by atoms with Crippen molar-refractivity contribution in [3.8, 4) is 0 Å². The van der Waals surface area contributed by atoms with E-state index in [0.29, 0.717) is 11.0 Å². The number of nitrogens with one attached hydrogen (secondary N) is 1. The molecule has 0 bridgehead atoms. The van der Waals surface area contributed by atoms with E-state index < -0.39 is 17.3 Å². The van der Waals surface area contributed by atoms with E-state index >= 15 is 0 Å². The summed E-state index contributed by atoms with van der Waals surface area (Å²) in [5.74, 6) is -1.68. The molecule has 0 amide bonds. The van der Waals surface area contributed by atoms with Crippen LogP contribution >= 0.6 is 15.9 Å². The van der Waals surface area contributed by atoms with Gasteiger partial charge in [0, 0.05) is 16.6 Å². The van der Waals surface area contributed by atoms with Crippen molar-refractivity contribution < 1.29 is 14.3 Å². The second-order valence-corrected chi connectivity index (χ2v) is 5.81. The van der Waals surface area contributed by atoms with Gasteiger partial charge in [-0.2, -0.15) is 0 Å². The molecular formula is C16H15BrFNO2. The lowest BCUT2D eigenvalue weighted by atomic mass is 9.91. The first kappa shape index (κ1) is 15.7. The van der Waals surface area contributed by atoms with E-state index in [1.165, 1.54) is 25.1 Å². The fraction of sp³-hybridized carbons (Fsp3) is 0.188. The highest BCUT2D eigenvalue weighted by Gasteiger charge is 2.37. The van der Waals surface area contributed by atoms with E-state index in [2.05, 4.69) is 21.2 Å². The van der Waals surface area contributed by atoms with Crippen molar-refractivity contribution in [3.63, 3.8) is 0 Å². The molecule has 0 aliphatic carbocycles. The van der Waals surface area contributed by atoms with E-state index in [4.69, 9.17) is 0 Å². The van der Waals surface area contributed by atoms with Gasteiger partial charge in [0.25, 0.3) is 0 Å². The molecule has 2 N–H and O–H groups in total. The standard InChI is InChI=1S/C16H15BrFNO2/c1-16(15(20)21,13-9-12(17)7-8-14(13)18)19-10-11-5-3-2-4-6-11/h2-9,19H,10H2,1H3,(H,20,21). The van der Waals surface area contributed by atoms with Crippen molar-refractivity contribution in [2.24, 2.45) is 0 Å². The van der Waals surface area contributed by atoms with Crippen molar-refractivity contribution in [3.05, 3.63) is 69.9 Å². The summed E-state index contributed by atoms with van der Waals surface area (Å²) in [6.07, 6.45) is 0. The van der Waals surface area contributed by atoms with Crippen LogP contribution in [-0.4, -0.2) is 11.1 Å². The summed E-state index contributed by atoms with van der Waals surface area (Å²) < 4.78 is 14.7. The number of hydrogen-bond donors (Lipinski definition) is 2. The first-order valence-electron chi connectivity index (χ1n) is 6.41. The molecule has 0 fully saturated rings. The van der Waals surface area contributed by atoms with Crippen molar-refractivity contribution in [1.29, 1.82) is 0 Å². The second kappa shape index (κ2) is 6.37. The summed E-state index contributed by atoms with van der Waals surface area (Å²) in [5.41, 5.74) is -0.482. The van der Waals surface area contributed by atoms with E-state index in [0.717, 1.165) is 5.56 Å². The van der Waals surface area contributed by atoms with Gasteiger partial charge in [-0.15, -0.1) is 0 Å². The number of benzene rings is 2. The number of hydrogen-bond acceptors (Lipinski definition) is 2. The average molecular weight is 352 g/mol. The van der Waals surface area contributed by atoms with E-state index in [9.17, 15) is 14.3 Å². The van der Waals surface area contributed by atoms with Gasteiger partial charge in [0.1, 0.15) is 11.4 Å². The molecule has 2 aromatic carbocycles. The Hall–Kier alpha value is -1.72. The minimum absolute atomic E-state index is 0.0975. The zero-order chi connectivity index (χ0) is 15.5. The Morgan fingerprint density at radius 2 is 1.95 bits per heavy atom. The molecule has 1 atom stereocenters. The highest BCUT2D eigenvalue weighted by atomic mass is 79.9. The molecule has 21 heavy (non-hydrogen) atoms. The van der Waals surface area contributed by atoms with Crippen LogP contribution in [0.1, 0.15) is 18.1 Å². The SMILES string of the molecule is CC(NCc1ccccc1)(C(=O)O)c1cc(Br)ccc1F. The van der Waals surface area contributed by atoms with Gasteiger partial charge in [-0.3, -0.25) is 5.32 Å². The van der Waals surface area contributed by atoms with Crippen LogP contribution in [0.2, 0.25) is 0 Å². The van der Waals surface area contributed by atoms with Crippen LogP contribution in [0.5, 0.6) is 0 Å². The fourth-order valence-corrected chi connectivity index (χ4v) is 2.40. The van der Waals surface area contributed by atoms with Gasteiger partial charge in [-0.05, 0) is 30.7 Å². The van der Waals surface area contributed by atoms with Crippen LogP contribution in [0.4, 0.5) is 4.39 Å². The highest BCUT2D eigenvalue weighted by molar-refractivity contribution is 9.10. The quantitative estimate of drug-likeness (QED) is 0.863. The third kappa shape index (κ3) is 3.49. The van der Waals surface area contributed by atoms with Crippen molar-refractivity contribution in [2.45, 2.75) is 19.0 Å². The Bertz CT molecular complexity index is 648. The number of carboxylic acid groups (broad SMARTS) is 1. The smallest absolute Gasteiger partial charge is 0.328 e. The molecule has 110 valence electrons. The number of rotatable bonds is 5. The maximum atomic E-state index is 14.0. The lowest BCUT2D eigenvalue weighted by molar-refractivity contribution is -0.144. The number of aliphatic carboxylic acids is 1. The largest absolute Gasteiger partial charge is 0.480 e. The Morgan fingerprint density at radius 1 is 1.29 bits per heavy atom. The molecular weight excluding hydrogens is 337 g/mol. The summed E-state index contributed by atoms with van der Waals surface area (Å²) >= 11 is 3.25. The fourth-order valence-electron chi connectivity index (χ4n) is 2.04. The summed E-state index contributed by atoms with van der Waals surface area (Å²) in [4.78, 5) is 11.7. The van der Waals surface area contributed by atoms with E-state index in [-0.39, 0.29) is 5.56 Å². The molecule has 0 saturated heterocycles. The van der Waals surface area contributed by atoms with Crippen LogP contribution in [-0.2, 0) is 16.9 Å². The Morgan fingerprint density at radius 3 is 2.57 bits per heavy atom. The number of carbonyl (C=O) groups is 1. The Kier molecular flexibility index (Phi) is 4.75. The maximum absolute atomic E-state index is 14.0. The molecule has 0 spiro atoms. The first-order valence-corrected chi connectivity index (χ1v) is 7.20. The molecule has 3 nitrogen and oxygen atoms in total. The molecule has 1 unspecified atom stereocenters. The van der Waals surface area contributed by atoms with E-state index in [1.54, 1.807) is 0 Å². The topological polar surface area (TPSA) is 49.3 Å². The van der Waals surface area contributed by atoms with Crippen LogP contribution in [0.15, 0.2) is 53.0 Å². The maximum Gasteiger partial charge on any atom is 0.328 e. The van der Waals surface area contributed by atoms with Crippen LogP contribution in [0, 0.1) is 5.82 Å². The third-order valence-electron chi connectivity index (χ3n) is 3.38. The normalized spacial score (nSPS) is 13.7. The molecule has 0 aliphatic rings. The molecule has 0 aliphatic heterocycles. The minimum atomic E-state index is -1.51. The summed E-state index contributed by atoms with van der Waals surface area (Å²) in [6.45, 7) is 1.79. The molecule has 0 saturated carbocycles. The van der Waals surface area contributed by atoms with Crippen LogP contribution < -0.4 is 5.32 Å². The predicted molar refractivity (Wildman–Crippen MR) is 82.4 cm³/mol. The summed E-state index contributed by atoms with van der Waals surface area (Å²) in [5, 5.41) is 12.5. The van der Waals surface area contributed by atoms with Gasteiger partial charge < -0.3 is 5.11 Å². The number of halogens is 2. The van der Waals surface area contributed by atoms with Gasteiger partial charge in [-0.25, -0.2) is 9.18 Å². The molecule has 2 aromatic rings. The van der Waals surface area contributed by atoms with Crippen LogP contribution in [0.25, 0.3) is 0 Å². The van der Waals surface area contributed by atoms with Gasteiger partial charge in [0.15, 0.2) is 0 Å². The van der Waals surface area contributed by atoms with Gasteiger partial charge in [0.05, 0.1) is 0 Å². The minimum Gasteiger partial charge on any atom is -0.480 e. The third-order valence-corrected chi connectivity index (χ3v) is 3.88. The highest BCUT2D eigenvalue weighted by Crippen LogP contribution is 2.27. The first-order chi connectivity index (χ1) is 9.93. The van der Waals surface area contributed by atoms with Gasteiger partial charge in [0.2, 0.25) is 0 Å². The number of carboxylic acids is 1. The Balaban J connectivity index is 2.32. The van der Waals surface area contributed by atoms with Gasteiger partial charge >= 0.3 is 5.97 Å². The molecule has 0 aromatic heterocycles. The predicted octanol–water partition coefficient (Wildman–Crippen LogP) is 3.68. The zero-order valence-corrected chi connectivity index (χ0v) is 13.0. The average Bonchev–Trinajstić information content (AvgIpc) is 2.48. The van der Waals surface area contributed by atoms with Crippen molar-refractivity contribution in [2.75, 3.05) is 0 Å². The monoisotopic (exact) mass is 351 g/mol. The summed E-state index contributed by atoms with van der Waals surface area (Å²) in [7, 11) is 0. The van der Waals surface area contributed by atoms with Gasteiger partial charge in [-0.1, -0.05) is 46.3 Å². The Labute approximate surface area is 130 Å². The zero-order valence-electron chi connectivity index (χ0n) is 11.4. The molecule has 0 radical (unpaired) electrons. The summed E-state index contributed by atoms with van der Waals surface area (Å²) in [6, 6.07) is 13.7. The lowest BCUT2D eigenvalue weighted by Gasteiger charge is -2.27. The molecule has 0 heterocycles.